The Morgan fingerprint density at radius 1 is 1.50 bits per heavy atom. The number of rotatable bonds is 1. The maximum atomic E-state index is 12.6. The molecular weight excluding hydrogens is 322 g/mol. The van der Waals surface area contributed by atoms with Gasteiger partial charge in [-0.1, -0.05) is 0 Å². The first kappa shape index (κ1) is 14.0. The van der Waals surface area contributed by atoms with E-state index >= 15 is 0 Å². The van der Waals surface area contributed by atoms with Crippen molar-refractivity contribution in [2.45, 2.75) is 18.6 Å². The van der Waals surface area contributed by atoms with Crippen LogP contribution in [0.15, 0.2) is 22.8 Å². The van der Waals surface area contributed by atoms with Crippen molar-refractivity contribution in [2.75, 3.05) is 33.3 Å². The highest BCUT2D eigenvalue weighted by Crippen LogP contribution is 2.24. The van der Waals surface area contributed by atoms with E-state index in [0.717, 1.165) is 30.6 Å². The number of pyridine rings is 1. The van der Waals surface area contributed by atoms with E-state index in [9.17, 15) is 4.79 Å². The van der Waals surface area contributed by atoms with Gasteiger partial charge in [-0.2, -0.15) is 0 Å². The number of amides is 1. The van der Waals surface area contributed by atoms with Crippen molar-refractivity contribution in [1.29, 1.82) is 0 Å². The summed E-state index contributed by atoms with van der Waals surface area (Å²) in [5.74, 6) is -0.00472. The van der Waals surface area contributed by atoms with Crippen LogP contribution in [0.25, 0.3) is 0 Å². The molecule has 2 aliphatic rings. The molecule has 0 spiro atoms. The van der Waals surface area contributed by atoms with Gasteiger partial charge in [0.1, 0.15) is 5.69 Å². The summed E-state index contributed by atoms with van der Waals surface area (Å²) in [6.45, 7) is 3.16. The number of likely N-dealkylation sites (tertiary alicyclic amines) is 1. The molecule has 0 radical (unpaired) electrons. The van der Waals surface area contributed by atoms with Gasteiger partial charge in [0.2, 0.25) is 0 Å². The second-order valence-electron chi connectivity index (χ2n) is 5.33. The van der Waals surface area contributed by atoms with E-state index in [1.807, 2.05) is 17.0 Å². The summed E-state index contributed by atoms with van der Waals surface area (Å²) in [6.07, 6.45) is 2.80. The lowest BCUT2D eigenvalue weighted by atomic mass is 9.99. The highest BCUT2D eigenvalue weighted by molar-refractivity contribution is 9.10. The molecule has 20 heavy (non-hydrogen) atoms. The molecule has 5 nitrogen and oxygen atoms in total. The first-order chi connectivity index (χ1) is 9.66. The highest BCUT2D eigenvalue weighted by Gasteiger charge is 2.37. The zero-order valence-corrected chi connectivity index (χ0v) is 13.0. The molecule has 2 fully saturated rings. The average molecular weight is 340 g/mol. The van der Waals surface area contributed by atoms with Crippen LogP contribution in [0.1, 0.15) is 16.9 Å². The monoisotopic (exact) mass is 339 g/mol. The van der Waals surface area contributed by atoms with Crippen molar-refractivity contribution in [3.63, 3.8) is 0 Å². The molecule has 2 saturated heterocycles. The van der Waals surface area contributed by atoms with Crippen LogP contribution >= 0.6 is 15.9 Å². The number of ether oxygens (including phenoxy) is 1. The summed E-state index contributed by atoms with van der Waals surface area (Å²) >= 11 is 3.40. The third-order valence-corrected chi connectivity index (χ3v) is 4.75. The van der Waals surface area contributed by atoms with Crippen molar-refractivity contribution < 1.29 is 9.53 Å². The fraction of sp³-hybridized carbons (Fsp3) is 0.571. The van der Waals surface area contributed by atoms with Crippen molar-refractivity contribution >= 4 is 21.8 Å². The SMILES string of the molecule is CN1CCO[C@H]2CCN(C(=O)c3ncccc3Br)C[C@H]21. The van der Waals surface area contributed by atoms with Gasteiger partial charge in [0.15, 0.2) is 0 Å². The molecule has 0 saturated carbocycles. The summed E-state index contributed by atoms with van der Waals surface area (Å²) in [6, 6.07) is 3.96. The van der Waals surface area contributed by atoms with Crippen molar-refractivity contribution in [1.82, 2.24) is 14.8 Å². The lowest BCUT2D eigenvalue weighted by Gasteiger charge is -2.45. The molecule has 0 N–H and O–H groups in total. The van der Waals surface area contributed by atoms with Crippen molar-refractivity contribution in [3.05, 3.63) is 28.5 Å². The second-order valence-corrected chi connectivity index (χ2v) is 6.19. The zero-order chi connectivity index (χ0) is 14.1. The van der Waals surface area contributed by atoms with Crippen LogP contribution in [0, 0.1) is 0 Å². The Hall–Kier alpha value is -0.980. The molecule has 3 rings (SSSR count). The van der Waals surface area contributed by atoms with Gasteiger partial charge < -0.3 is 9.64 Å². The number of aromatic nitrogens is 1. The fourth-order valence-electron chi connectivity index (χ4n) is 2.92. The number of halogens is 1. The molecule has 0 bridgehead atoms. The van der Waals surface area contributed by atoms with Crippen molar-refractivity contribution in [2.24, 2.45) is 0 Å². The normalized spacial score (nSPS) is 27.2. The largest absolute Gasteiger partial charge is 0.375 e. The van der Waals surface area contributed by atoms with E-state index in [1.54, 1.807) is 6.20 Å². The van der Waals surface area contributed by atoms with Gasteiger partial charge in [-0.3, -0.25) is 9.69 Å². The third-order valence-electron chi connectivity index (χ3n) is 4.11. The van der Waals surface area contributed by atoms with Gasteiger partial charge in [0, 0.05) is 30.3 Å². The Bertz CT molecular complexity index is 511. The van der Waals surface area contributed by atoms with Crippen LogP contribution in [0.5, 0.6) is 0 Å². The Morgan fingerprint density at radius 3 is 3.15 bits per heavy atom. The molecule has 2 atom stereocenters. The second kappa shape index (κ2) is 5.79. The fourth-order valence-corrected chi connectivity index (χ4v) is 3.34. The molecule has 1 amide bonds. The molecular formula is C14H18BrN3O2. The average Bonchev–Trinajstić information content (AvgIpc) is 2.47. The van der Waals surface area contributed by atoms with Gasteiger partial charge in [0.05, 0.1) is 18.8 Å². The van der Waals surface area contributed by atoms with Crippen molar-refractivity contribution in [3.8, 4) is 0 Å². The molecule has 1 aromatic rings. The van der Waals surface area contributed by atoms with E-state index in [-0.39, 0.29) is 12.0 Å². The van der Waals surface area contributed by atoms with Crippen LogP contribution in [-0.4, -0.2) is 66.1 Å². The summed E-state index contributed by atoms with van der Waals surface area (Å²) in [4.78, 5) is 21.0. The predicted octanol–water partition coefficient (Wildman–Crippen LogP) is 1.39. The van der Waals surface area contributed by atoms with Gasteiger partial charge >= 0.3 is 0 Å². The van der Waals surface area contributed by atoms with Crippen LogP contribution in [-0.2, 0) is 4.74 Å². The number of likely N-dealkylation sites (N-methyl/N-ethyl adjacent to an activating group) is 1. The number of morpholine rings is 1. The molecule has 108 valence electrons. The Balaban J connectivity index is 1.75. The van der Waals surface area contributed by atoms with E-state index in [4.69, 9.17) is 4.74 Å². The van der Waals surface area contributed by atoms with E-state index in [1.165, 1.54) is 0 Å². The van der Waals surface area contributed by atoms with E-state index in [2.05, 4.69) is 32.9 Å². The molecule has 3 heterocycles. The predicted molar refractivity (Wildman–Crippen MR) is 78.6 cm³/mol. The summed E-state index contributed by atoms with van der Waals surface area (Å²) in [5, 5.41) is 0. The molecule has 0 aromatic carbocycles. The van der Waals surface area contributed by atoms with Crippen LogP contribution in [0.2, 0.25) is 0 Å². The van der Waals surface area contributed by atoms with Crippen LogP contribution in [0.3, 0.4) is 0 Å². The minimum atomic E-state index is -0.00472. The first-order valence-electron chi connectivity index (χ1n) is 6.88. The molecule has 6 heteroatoms. The highest BCUT2D eigenvalue weighted by atomic mass is 79.9. The van der Waals surface area contributed by atoms with Crippen LogP contribution in [0.4, 0.5) is 0 Å². The Morgan fingerprint density at radius 2 is 2.35 bits per heavy atom. The summed E-state index contributed by atoms with van der Waals surface area (Å²) < 4.78 is 6.56. The molecule has 2 aliphatic heterocycles. The van der Waals surface area contributed by atoms with Gasteiger partial charge in [0.25, 0.3) is 5.91 Å². The topological polar surface area (TPSA) is 45.7 Å². The lowest BCUT2D eigenvalue weighted by molar-refractivity contribution is -0.0894. The first-order valence-corrected chi connectivity index (χ1v) is 7.68. The minimum absolute atomic E-state index is 0.00472. The zero-order valence-electron chi connectivity index (χ0n) is 11.5. The number of nitrogens with zero attached hydrogens (tertiary/aromatic N) is 3. The number of carbonyl (C=O) groups excluding carboxylic acids is 1. The van der Waals surface area contributed by atoms with Gasteiger partial charge in [-0.05, 0) is 41.5 Å². The number of carbonyl (C=O) groups is 1. The van der Waals surface area contributed by atoms with Gasteiger partial charge in [-0.25, -0.2) is 4.98 Å². The summed E-state index contributed by atoms with van der Waals surface area (Å²) in [7, 11) is 2.10. The third kappa shape index (κ3) is 2.60. The standard InChI is InChI=1S/C14H18BrN3O2/c1-17-7-8-20-12-4-6-18(9-11(12)17)14(19)13-10(15)3-2-5-16-13/h2-3,5,11-12H,4,6-9H2,1H3/t11-,12+/m1/s1. The summed E-state index contributed by atoms with van der Waals surface area (Å²) in [5.41, 5.74) is 0.491. The van der Waals surface area contributed by atoms with Gasteiger partial charge in [-0.15, -0.1) is 0 Å². The Kier molecular flexibility index (Phi) is 4.05. The molecule has 0 unspecified atom stereocenters. The maximum Gasteiger partial charge on any atom is 0.273 e. The lowest BCUT2D eigenvalue weighted by Crippen LogP contribution is -2.59. The molecule has 1 aromatic heterocycles. The van der Waals surface area contributed by atoms with Crippen LogP contribution < -0.4 is 0 Å². The number of hydrogen-bond donors (Lipinski definition) is 0. The number of hydrogen-bond acceptors (Lipinski definition) is 4. The number of piperidine rings is 1. The minimum Gasteiger partial charge on any atom is -0.375 e. The van der Waals surface area contributed by atoms with E-state index in [0.29, 0.717) is 18.3 Å². The smallest absolute Gasteiger partial charge is 0.273 e. The Labute approximate surface area is 127 Å². The quantitative estimate of drug-likeness (QED) is 0.775. The number of fused-ring (bicyclic) bond motifs is 1. The molecule has 0 aliphatic carbocycles. The van der Waals surface area contributed by atoms with E-state index < -0.39 is 0 Å². The maximum absolute atomic E-state index is 12.6.